The van der Waals surface area contributed by atoms with E-state index in [1.807, 2.05) is 0 Å². The van der Waals surface area contributed by atoms with E-state index in [9.17, 15) is 14.4 Å². The number of nitrogens with zero attached hydrogens (tertiary/aromatic N) is 1. The quantitative estimate of drug-likeness (QED) is 0.631. The van der Waals surface area contributed by atoms with Crippen molar-refractivity contribution < 1.29 is 19.1 Å². The molecule has 0 atom stereocenters. The van der Waals surface area contributed by atoms with Crippen LogP contribution in [0.1, 0.15) is 31.1 Å². The van der Waals surface area contributed by atoms with Gasteiger partial charge in [-0.2, -0.15) is 0 Å². The van der Waals surface area contributed by atoms with Crippen LogP contribution >= 0.6 is 11.6 Å². The van der Waals surface area contributed by atoms with Crippen LogP contribution < -0.4 is 4.90 Å². The van der Waals surface area contributed by atoms with Crippen molar-refractivity contribution in [2.45, 2.75) is 0 Å². The van der Waals surface area contributed by atoms with Gasteiger partial charge in [-0.3, -0.25) is 9.59 Å². The third-order valence-corrected chi connectivity index (χ3v) is 3.61. The molecule has 0 unspecified atom stereocenters. The molecule has 1 aliphatic rings. The lowest BCUT2D eigenvalue weighted by Gasteiger charge is -2.13. The Balaban J connectivity index is 2.07. The molecule has 110 valence electrons. The first kappa shape index (κ1) is 14.3. The Morgan fingerprint density at radius 1 is 1.05 bits per heavy atom. The molecule has 5 nitrogen and oxygen atoms in total. The van der Waals surface area contributed by atoms with Crippen LogP contribution in [0.5, 0.6) is 0 Å². The molecule has 0 spiro atoms. The van der Waals surface area contributed by atoms with Crippen LogP contribution in [0, 0.1) is 0 Å². The lowest BCUT2D eigenvalue weighted by molar-refractivity contribution is 0.0600. The molecule has 6 heteroatoms. The molecule has 2 amide bonds. The largest absolute Gasteiger partial charge is 0.465 e. The number of amides is 2. The number of fused-ring (bicyclic) bond motifs is 1. The number of ether oxygens (including phenoxy) is 1. The summed E-state index contributed by atoms with van der Waals surface area (Å²) >= 11 is 5.91. The molecule has 0 bridgehead atoms. The first-order valence-electron chi connectivity index (χ1n) is 6.39. The summed E-state index contributed by atoms with van der Waals surface area (Å²) in [4.78, 5) is 37.5. The van der Waals surface area contributed by atoms with Gasteiger partial charge in [-0.05, 0) is 36.4 Å². The molecule has 1 heterocycles. The van der Waals surface area contributed by atoms with Crippen molar-refractivity contribution in [1.82, 2.24) is 0 Å². The van der Waals surface area contributed by atoms with E-state index in [1.165, 1.54) is 31.4 Å². The predicted molar refractivity (Wildman–Crippen MR) is 80.4 cm³/mol. The highest BCUT2D eigenvalue weighted by Crippen LogP contribution is 2.30. The SMILES string of the molecule is COC(=O)c1ccc2c(c1)C(=O)N(c1cccc(Cl)c1)C2=O. The Kier molecular flexibility index (Phi) is 3.42. The van der Waals surface area contributed by atoms with Gasteiger partial charge in [0.15, 0.2) is 0 Å². The summed E-state index contributed by atoms with van der Waals surface area (Å²) in [5.74, 6) is -1.50. The van der Waals surface area contributed by atoms with E-state index >= 15 is 0 Å². The summed E-state index contributed by atoms with van der Waals surface area (Å²) in [5.41, 5.74) is 1.03. The maximum Gasteiger partial charge on any atom is 0.337 e. The molecule has 2 aromatic rings. The normalized spacial score (nSPS) is 13.3. The van der Waals surface area contributed by atoms with E-state index in [2.05, 4.69) is 4.74 Å². The zero-order chi connectivity index (χ0) is 15.9. The molecular weight excluding hydrogens is 306 g/mol. The standard InChI is InChI=1S/C16H10ClNO4/c1-22-16(21)9-5-6-12-13(7-9)15(20)18(14(12)19)11-4-2-3-10(17)8-11/h2-8H,1H3. The van der Waals surface area contributed by atoms with Gasteiger partial charge in [0.2, 0.25) is 0 Å². The highest BCUT2D eigenvalue weighted by Gasteiger charge is 2.37. The minimum Gasteiger partial charge on any atom is -0.465 e. The molecule has 0 aliphatic carbocycles. The lowest BCUT2D eigenvalue weighted by Crippen LogP contribution is -2.29. The Morgan fingerprint density at radius 3 is 2.45 bits per heavy atom. The van der Waals surface area contributed by atoms with Gasteiger partial charge in [0.05, 0.1) is 29.5 Å². The van der Waals surface area contributed by atoms with Gasteiger partial charge in [0, 0.05) is 5.02 Å². The molecule has 0 saturated heterocycles. The van der Waals surface area contributed by atoms with Gasteiger partial charge < -0.3 is 4.74 Å². The van der Waals surface area contributed by atoms with E-state index in [0.717, 1.165) is 4.90 Å². The van der Waals surface area contributed by atoms with Crippen molar-refractivity contribution in [1.29, 1.82) is 0 Å². The van der Waals surface area contributed by atoms with E-state index in [0.29, 0.717) is 10.7 Å². The first-order valence-corrected chi connectivity index (χ1v) is 6.77. The number of anilines is 1. The topological polar surface area (TPSA) is 63.7 Å². The predicted octanol–water partition coefficient (Wildman–Crippen LogP) is 2.93. The third-order valence-electron chi connectivity index (χ3n) is 3.37. The van der Waals surface area contributed by atoms with Gasteiger partial charge in [-0.25, -0.2) is 9.69 Å². The van der Waals surface area contributed by atoms with Crippen LogP contribution in [0.3, 0.4) is 0 Å². The summed E-state index contributed by atoms with van der Waals surface area (Å²) in [6, 6.07) is 10.7. The Hall–Kier alpha value is -2.66. The lowest BCUT2D eigenvalue weighted by atomic mass is 10.1. The second-order valence-corrected chi connectivity index (χ2v) is 5.11. The van der Waals surface area contributed by atoms with Crippen molar-refractivity contribution in [3.8, 4) is 0 Å². The van der Waals surface area contributed by atoms with E-state index in [-0.39, 0.29) is 16.7 Å². The number of rotatable bonds is 2. The number of imide groups is 1. The molecule has 0 radical (unpaired) electrons. The second-order valence-electron chi connectivity index (χ2n) is 4.68. The number of halogens is 1. The highest BCUT2D eigenvalue weighted by atomic mass is 35.5. The van der Waals surface area contributed by atoms with Crippen LogP contribution in [0.4, 0.5) is 5.69 Å². The third kappa shape index (κ3) is 2.16. The maximum atomic E-state index is 12.5. The Bertz CT molecular complexity index is 816. The number of carbonyl (C=O) groups excluding carboxylic acids is 3. The molecule has 3 rings (SSSR count). The summed E-state index contributed by atoms with van der Waals surface area (Å²) in [7, 11) is 1.25. The molecular formula is C16H10ClNO4. The minimum atomic E-state index is -0.566. The molecule has 2 aromatic carbocycles. The second kappa shape index (κ2) is 5.27. The zero-order valence-corrected chi connectivity index (χ0v) is 12.3. The fraction of sp³-hybridized carbons (Fsp3) is 0.0625. The monoisotopic (exact) mass is 315 g/mol. The number of hydrogen-bond donors (Lipinski definition) is 0. The van der Waals surface area contributed by atoms with Gasteiger partial charge >= 0.3 is 5.97 Å². The Labute approximate surface area is 131 Å². The first-order chi connectivity index (χ1) is 10.5. The smallest absolute Gasteiger partial charge is 0.337 e. The fourth-order valence-corrected chi connectivity index (χ4v) is 2.52. The summed E-state index contributed by atoms with van der Waals surface area (Å²) in [5, 5.41) is 0.421. The molecule has 1 aliphatic heterocycles. The number of esters is 1. The van der Waals surface area contributed by atoms with E-state index in [1.54, 1.807) is 18.2 Å². The van der Waals surface area contributed by atoms with Crippen LogP contribution in [0.25, 0.3) is 0 Å². The molecule has 0 saturated carbocycles. The number of methoxy groups -OCH3 is 1. The molecule has 0 fully saturated rings. The fourth-order valence-electron chi connectivity index (χ4n) is 2.34. The Morgan fingerprint density at radius 2 is 1.77 bits per heavy atom. The van der Waals surface area contributed by atoms with Crippen LogP contribution in [0.2, 0.25) is 5.02 Å². The van der Waals surface area contributed by atoms with Crippen molar-refractivity contribution in [2.75, 3.05) is 12.0 Å². The summed E-state index contributed by atoms with van der Waals surface area (Å²) < 4.78 is 4.62. The van der Waals surface area contributed by atoms with Crippen molar-refractivity contribution in [3.63, 3.8) is 0 Å². The molecule has 22 heavy (non-hydrogen) atoms. The zero-order valence-electron chi connectivity index (χ0n) is 11.5. The highest BCUT2D eigenvalue weighted by molar-refractivity contribution is 6.35. The summed E-state index contributed by atoms with van der Waals surface area (Å²) in [6.45, 7) is 0. The van der Waals surface area contributed by atoms with Crippen molar-refractivity contribution in [2.24, 2.45) is 0 Å². The number of carbonyl (C=O) groups is 3. The molecule has 0 aromatic heterocycles. The average molecular weight is 316 g/mol. The number of hydrogen-bond acceptors (Lipinski definition) is 4. The van der Waals surface area contributed by atoms with Crippen LogP contribution in [-0.2, 0) is 4.74 Å². The van der Waals surface area contributed by atoms with Gasteiger partial charge in [-0.1, -0.05) is 17.7 Å². The summed E-state index contributed by atoms with van der Waals surface area (Å²) in [6.07, 6.45) is 0. The maximum absolute atomic E-state index is 12.5. The average Bonchev–Trinajstić information content (AvgIpc) is 2.77. The van der Waals surface area contributed by atoms with E-state index < -0.39 is 17.8 Å². The van der Waals surface area contributed by atoms with Crippen molar-refractivity contribution in [3.05, 3.63) is 64.2 Å². The van der Waals surface area contributed by atoms with Gasteiger partial charge in [0.25, 0.3) is 11.8 Å². The number of benzene rings is 2. The minimum absolute atomic E-state index is 0.174. The van der Waals surface area contributed by atoms with Crippen LogP contribution in [-0.4, -0.2) is 24.9 Å². The van der Waals surface area contributed by atoms with Gasteiger partial charge in [0.1, 0.15) is 0 Å². The van der Waals surface area contributed by atoms with E-state index in [4.69, 9.17) is 11.6 Å². The molecule has 0 N–H and O–H groups in total. The van der Waals surface area contributed by atoms with Crippen LogP contribution in [0.15, 0.2) is 42.5 Å². The van der Waals surface area contributed by atoms with Crippen molar-refractivity contribution >= 4 is 35.1 Å². The van der Waals surface area contributed by atoms with Gasteiger partial charge in [-0.15, -0.1) is 0 Å².